The van der Waals surface area contributed by atoms with Crippen molar-refractivity contribution in [3.05, 3.63) is 65.5 Å². The Bertz CT molecular complexity index is 965. The Morgan fingerprint density at radius 2 is 2.00 bits per heavy atom. The van der Waals surface area contributed by atoms with Gasteiger partial charge in [0.05, 0.1) is 13.5 Å². The Hall–Kier alpha value is -3.15. The van der Waals surface area contributed by atoms with Crippen LogP contribution in [0.4, 0.5) is 0 Å². The highest BCUT2D eigenvalue weighted by atomic mass is 16.5. The van der Waals surface area contributed by atoms with Gasteiger partial charge in [-0.25, -0.2) is 0 Å². The van der Waals surface area contributed by atoms with E-state index >= 15 is 0 Å². The second-order valence-corrected chi connectivity index (χ2v) is 7.03. The summed E-state index contributed by atoms with van der Waals surface area (Å²) in [5, 5.41) is 4.11. The van der Waals surface area contributed by atoms with E-state index in [1.165, 1.54) is 0 Å². The summed E-state index contributed by atoms with van der Waals surface area (Å²) in [4.78, 5) is 19.4. The predicted octanol–water partition coefficient (Wildman–Crippen LogP) is 3.96. The minimum atomic E-state index is -0.156. The van der Waals surface area contributed by atoms with Crippen LogP contribution in [0, 0.1) is 6.92 Å². The van der Waals surface area contributed by atoms with Gasteiger partial charge < -0.3 is 14.2 Å². The smallest absolute Gasteiger partial charge is 0.249 e. The van der Waals surface area contributed by atoms with Crippen molar-refractivity contribution in [3.8, 4) is 17.1 Å². The van der Waals surface area contributed by atoms with E-state index in [0.29, 0.717) is 18.1 Å². The molecule has 1 atom stereocenters. The lowest BCUT2D eigenvalue weighted by Crippen LogP contribution is -2.32. The van der Waals surface area contributed by atoms with Crippen molar-refractivity contribution in [1.29, 1.82) is 0 Å². The quantitative estimate of drug-likeness (QED) is 0.673. The fourth-order valence-electron chi connectivity index (χ4n) is 3.62. The van der Waals surface area contributed by atoms with Crippen LogP contribution in [0.2, 0.25) is 0 Å². The molecule has 0 saturated carbocycles. The Kier molecular flexibility index (Phi) is 5.10. The molecule has 2 aromatic carbocycles. The van der Waals surface area contributed by atoms with Gasteiger partial charge >= 0.3 is 0 Å². The first kappa shape index (κ1) is 18.2. The van der Waals surface area contributed by atoms with E-state index in [2.05, 4.69) is 10.1 Å². The Labute approximate surface area is 164 Å². The number of carbonyl (C=O) groups excluding carboxylic acids is 1. The zero-order chi connectivity index (χ0) is 19.5. The van der Waals surface area contributed by atoms with Crippen molar-refractivity contribution >= 4 is 5.91 Å². The second-order valence-electron chi connectivity index (χ2n) is 7.03. The molecule has 0 radical (unpaired) electrons. The van der Waals surface area contributed by atoms with E-state index in [9.17, 15) is 4.79 Å². The van der Waals surface area contributed by atoms with E-state index in [-0.39, 0.29) is 11.9 Å². The number of hydrogen-bond acceptors (Lipinski definition) is 5. The Morgan fingerprint density at radius 1 is 1.21 bits per heavy atom. The van der Waals surface area contributed by atoms with E-state index in [1.807, 2.05) is 60.4 Å². The molecule has 6 nitrogen and oxygen atoms in total. The monoisotopic (exact) mass is 377 g/mol. The molecule has 0 spiro atoms. The third-order valence-corrected chi connectivity index (χ3v) is 5.25. The number of benzene rings is 2. The maximum absolute atomic E-state index is 12.9. The van der Waals surface area contributed by atoms with Crippen LogP contribution in [0.1, 0.15) is 35.9 Å². The van der Waals surface area contributed by atoms with Gasteiger partial charge in [-0.3, -0.25) is 4.79 Å². The highest BCUT2D eigenvalue weighted by molar-refractivity contribution is 5.79. The van der Waals surface area contributed by atoms with Crippen molar-refractivity contribution < 1.29 is 14.1 Å². The number of methoxy groups -OCH3 is 1. The molecule has 1 saturated heterocycles. The number of carbonyl (C=O) groups is 1. The van der Waals surface area contributed by atoms with Gasteiger partial charge in [-0.1, -0.05) is 29.4 Å². The van der Waals surface area contributed by atoms with Crippen LogP contribution < -0.4 is 4.74 Å². The molecule has 1 aromatic heterocycles. The molecule has 28 heavy (non-hydrogen) atoms. The molecule has 4 rings (SSSR count). The summed E-state index contributed by atoms with van der Waals surface area (Å²) < 4.78 is 10.7. The van der Waals surface area contributed by atoms with Gasteiger partial charge in [0.2, 0.25) is 17.6 Å². The summed E-state index contributed by atoms with van der Waals surface area (Å²) in [5.41, 5.74) is 3.04. The van der Waals surface area contributed by atoms with Gasteiger partial charge in [-0.2, -0.15) is 4.98 Å². The summed E-state index contributed by atoms with van der Waals surface area (Å²) in [6, 6.07) is 15.3. The highest BCUT2D eigenvalue weighted by Crippen LogP contribution is 2.33. The van der Waals surface area contributed by atoms with Crippen LogP contribution in [0.15, 0.2) is 53.1 Å². The van der Waals surface area contributed by atoms with E-state index in [4.69, 9.17) is 9.26 Å². The standard InChI is InChI=1S/C22H23N3O3/c1-15-6-3-4-7-17(15)14-20(26)25-13-5-8-19(25)22-23-21(24-28-22)16-9-11-18(27-2)12-10-16/h3-4,6-7,9-12,19H,5,8,13-14H2,1-2H3/t19-/m0/s1. The van der Waals surface area contributed by atoms with Crippen molar-refractivity contribution in [2.24, 2.45) is 0 Å². The molecule has 1 amide bonds. The van der Waals surface area contributed by atoms with Crippen LogP contribution in [-0.2, 0) is 11.2 Å². The van der Waals surface area contributed by atoms with Crippen molar-refractivity contribution in [2.45, 2.75) is 32.2 Å². The first-order chi connectivity index (χ1) is 13.7. The van der Waals surface area contributed by atoms with Gasteiger partial charge in [0.1, 0.15) is 11.8 Å². The van der Waals surface area contributed by atoms with E-state index in [1.54, 1.807) is 7.11 Å². The third kappa shape index (κ3) is 3.63. The third-order valence-electron chi connectivity index (χ3n) is 5.25. The van der Waals surface area contributed by atoms with Crippen LogP contribution in [0.5, 0.6) is 5.75 Å². The fourth-order valence-corrected chi connectivity index (χ4v) is 3.62. The van der Waals surface area contributed by atoms with Crippen LogP contribution >= 0.6 is 0 Å². The average Bonchev–Trinajstić information content (AvgIpc) is 3.39. The second kappa shape index (κ2) is 7.84. The summed E-state index contributed by atoms with van der Waals surface area (Å²) >= 11 is 0. The van der Waals surface area contributed by atoms with Crippen molar-refractivity contribution in [3.63, 3.8) is 0 Å². The minimum Gasteiger partial charge on any atom is -0.497 e. The SMILES string of the molecule is COc1ccc(-c2noc([C@@H]3CCCN3C(=O)Cc3ccccc3C)n2)cc1. The van der Waals surface area contributed by atoms with Gasteiger partial charge in [-0.15, -0.1) is 0 Å². The number of nitrogens with zero attached hydrogens (tertiary/aromatic N) is 3. The van der Waals surface area contributed by atoms with Crippen molar-refractivity contribution in [2.75, 3.05) is 13.7 Å². The summed E-state index contributed by atoms with van der Waals surface area (Å²) in [7, 11) is 1.63. The average molecular weight is 377 g/mol. The molecule has 6 heteroatoms. The molecular formula is C22H23N3O3. The van der Waals surface area contributed by atoms with Gasteiger partial charge in [0, 0.05) is 12.1 Å². The van der Waals surface area contributed by atoms with Crippen LogP contribution in [-0.4, -0.2) is 34.6 Å². The molecule has 144 valence electrons. The molecule has 1 fully saturated rings. The number of amides is 1. The molecular weight excluding hydrogens is 354 g/mol. The number of rotatable bonds is 5. The Morgan fingerprint density at radius 3 is 2.75 bits per heavy atom. The lowest BCUT2D eigenvalue weighted by molar-refractivity contribution is -0.131. The van der Waals surface area contributed by atoms with Crippen LogP contribution in [0.3, 0.4) is 0 Å². The number of aromatic nitrogens is 2. The zero-order valence-electron chi connectivity index (χ0n) is 16.1. The number of likely N-dealkylation sites (tertiary alicyclic amines) is 1. The van der Waals surface area contributed by atoms with Crippen LogP contribution in [0.25, 0.3) is 11.4 Å². The first-order valence-corrected chi connectivity index (χ1v) is 9.47. The lowest BCUT2D eigenvalue weighted by atomic mass is 10.1. The Balaban J connectivity index is 1.51. The lowest BCUT2D eigenvalue weighted by Gasteiger charge is -2.22. The molecule has 0 N–H and O–H groups in total. The first-order valence-electron chi connectivity index (χ1n) is 9.47. The summed E-state index contributed by atoms with van der Waals surface area (Å²) in [6.45, 7) is 2.75. The predicted molar refractivity (Wildman–Crippen MR) is 105 cm³/mol. The molecule has 2 heterocycles. The minimum absolute atomic E-state index is 0.0981. The fraction of sp³-hybridized carbons (Fsp3) is 0.318. The summed E-state index contributed by atoms with van der Waals surface area (Å²) in [6.07, 6.45) is 2.16. The van der Waals surface area contributed by atoms with E-state index in [0.717, 1.165) is 41.8 Å². The molecule has 0 aliphatic carbocycles. The number of hydrogen-bond donors (Lipinski definition) is 0. The maximum atomic E-state index is 12.9. The van der Waals surface area contributed by atoms with E-state index < -0.39 is 0 Å². The normalized spacial score (nSPS) is 16.4. The largest absolute Gasteiger partial charge is 0.497 e. The number of ether oxygens (including phenoxy) is 1. The molecule has 1 aliphatic heterocycles. The molecule has 1 aliphatic rings. The van der Waals surface area contributed by atoms with Gasteiger partial charge in [0.25, 0.3) is 0 Å². The topological polar surface area (TPSA) is 68.5 Å². The number of aryl methyl sites for hydroxylation is 1. The molecule has 3 aromatic rings. The molecule has 0 unspecified atom stereocenters. The maximum Gasteiger partial charge on any atom is 0.249 e. The van der Waals surface area contributed by atoms with Gasteiger partial charge in [-0.05, 0) is 55.2 Å². The zero-order valence-corrected chi connectivity index (χ0v) is 16.1. The summed E-state index contributed by atoms with van der Waals surface area (Å²) in [5.74, 6) is 1.90. The van der Waals surface area contributed by atoms with Gasteiger partial charge in [0.15, 0.2) is 0 Å². The highest BCUT2D eigenvalue weighted by Gasteiger charge is 2.34. The van der Waals surface area contributed by atoms with Crippen molar-refractivity contribution in [1.82, 2.24) is 15.0 Å². The molecule has 0 bridgehead atoms.